The van der Waals surface area contributed by atoms with Crippen LogP contribution in [0, 0.1) is 0 Å². The molecule has 0 amide bonds. The van der Waals surface area contributed by atoms with Crippen LogP contribution in [0.4, 0.5) is 0 Å². The van der Waals surface area contributed by atoms with Gasteiger partial charge in [-0.25, -0.2) is 0 Å². The maximum absolute atomic E-state index is 5.15. The van der Waals surface area contributed by atoms with Gasteiger partial charge >= 0.3 is 0 Å². The summed E-state index contributed by atoms with van der Waals surface area (Å²) in [6.07, 6.45) is 6.75. The molecule has 0 unspecified atom stereocenters. The molecule has 19 heavy (non-hydrogen) atoms. The number of nitrogens with two attached hydrogens (primary N) is 1. The van der Waals surface area contributed by atoms with Crippen LogP contribution in [0.15, 0.2) is 29.4 Å². The van der Waals surface area contributed by atoms with Crippen LogP contribution in [0.1, 0.15) is 50.7 Å². The van der Waals surface area contributed by atoms with Gasteiger partial charge in [0.15, 0.2) is 0 Å². The van der Waals surface area contributed by atoms with Gasteiger partial charge in [0.2, 0.25) is 0 Å². The standard InChI is InChI=1S/C16H27N3/c1-3-5-11-19(12-6-4-2)14-16-9-7-15(8-10-16)13-18-17/h7-10,13H,3-6,11-12,14,17H2,1-2H3. The molecule has 0 saturated carbocycles. The van der Waals surface area contributed by atoms with Gasteiger partial charge in [-0.05, 0) is 37.1 Å². The van der Waals surface area contributed by atoms with Crippen molar-refractivity contribution < 1.29 is 0 Å². The van der Waals surface area contributed by atoms with E-state index >= 15 is 0 Å². The van der Waals surface area contributed by atoms with Crippen molar-refractivity contribution in [2.24, 2.45) is 10.9 Å². The molecule has 0 aromatic heterocycles. The molecule has 0 fully saturated rings. The molecule has 1 aromatic carbocycles. The highest BCUT2D eigenvalue weighted by atomic mass is 15.1. The number of hydrogen-bond acceptors (Lipinski definition) is 3. The molecule has 0 aliphatic carbocycles. The third kappa shape index (κ3) is 6.39. The van der Waals surface area contributed by atoms with Crippen LogP contribution in [0.5, 0.6) is 0 Å². The van der Waals surface area contributed by atoms with E-state index in [1.807, 2.05) is 0 Å². The Balaban J connectivity index is 2.55. The van der Waals surface area contributed by atoms with Crippen molar-refractivity contribution >= 4 is 6.21 Å². The molecular formula is C16H27N3. The van der Waals surface area contributed by atoms with E-state index in [1.165, 1.54) is 44.3 Å². The Morgan fingerprint density at radius 2 is 1.63 bits per heavy atom. The summed E-state index contributed by atoms with van der Waals surface area (Å²) >= 11 is 0. The van der Waals surface area contributed by atoms with Crippen LogP contribution in [0.25, 0.3) is 0 Å². The lowest BCUT2D eigenvalue weighted by Gasteiger charge is -2.22. The van der Waals surface area contributed by atoms with E-state index in [0.29, 0.717) is 0 Å². The number of hydrazone groups is 1. The lowest BCUT2D eigenvalue weighted by Crippen LogP contribution is -2.25. The minimum absolute atomic E-state index is 1.04. The van der Waals surface area contributed by atoms with Crippen LogP contribution in [0.2, 0.25) is 0 Å². The van der Waals surface area contributed by atoms with Crippen LogP contribution in [-0.4, -0.2) is 24.2 Å². The zero-order chi connectivity index (χ0) is 13.9. The van der Waals surface area contributed by atoms with Crippen LogP contribution in [-0.2, 0) is 6.54 Å². The van der Waals surface area contributed by atoms with Crippen molar-refractivity contribution in [1.29, 1.82) is 0 Å². The van der Waals surface area contributed by atoms with E-state index in [1.54, 1.807) is 6.21 Å². The normalized spacial score (nSPS) is 11.5. The molecule has 0 radical (unpaired) electrons. The predicted octanol–water partition coefficient (Wildman–Crippen LogP) is 3.38. The minimum atomic E-state index is 1.04. The van der Waals surface area contributed by atoms with E-state index in [4.69, 9.17) is 5.84 Å². The number of hydrogen-bond donors (Lipinski definition) is 1. The van der Waals surface area contributed by atoms with Crippen molar-refractivity contribution in [1.82, 2.24) is 4.90 Å². The first-order chi connectivity index (χ1) is 9.30. The average molecular weight is 261 g/mol. The summed E-state index contributed by atoms with van der Waals surface area (Å²) < 4.78 is 0. The van der Waals surface area contributed by atoms with Gasteiger partial charge in [-0.15, -0.1) is 0 Å². The van der Waals surface area contributed by atoms with Crippen LogP contribution >= 0.6 is 0 Å². The molecule has 0 bridgehead atoms. The molecule has 0 spiro atoms. The summed E-state index contributed by atoms with van der Waals surface area (Å²) in [5.41, 5.74) is 2.42. The SMILES string of the molecule is CCCCN(CCCC)Cc1ccc(C=NN)cc1. The van der Waals surface area contributed by atoms with E-state index in [2.05, 4.69) is 48.1 Å². The second kappa shape index (κ2) is 9.56. The summed E-state index contributed by atoms with van der Waals surface area (Å²) in [6, 6.07) is 8.48. The second-order valence-corrected chi connectivity index (χ2v) is 5.00. The van der Waals surface area contributed by atoms with Crippen molar-refractivity contribution in [2.75, 3.05) is 13.1 Å². The van der Waals surface area contributed by atoms with Crippen molar-refractivity contribution in [3.8, 4) is 0 Å². The first kappa shape index (κ1) is 15.7. The van der Waals surface area contributed by atoms with Crippen LogP contribution < -0.4 is 5.84 Å². The minimum Gasteiger partial charge on any atom is -0.323 e. The zero-order valence-corrected chi connectivity index (χ0v) is 12.3. The highest BCUT2D eigenvalue weighted by molar-refractivity contribution is 5.79. The molecule has 0 aliphatic heterocycles. The van der Waals surface area contributed by atoms with Gasteiger partial charge in [0, 0.05) is 6.54 Å². The maximum Gasteiger partial charge on any atom is 0.0538 e. The van der Waals surface area contributed by atoms with Crippen molar-refractivity contribution in [2.45, 2.75) is 46.1 Å². The topological polar surface area (TPSA) is 41.6 Å². The first-order valence-electron chi connectivity index (χ1n) is 7.34. The highest BCUT2D eigenvalue weighted by Gasteiger charge is 2.05. The molecule has 0 saturated heterocycles. The monoisotopic (exact) mass is 261 g/mol. The lowest BCUT2D eigenvalue weighted by molar-refractivity contribution is 0.257. The summed E-state index contributed by atoms with van der Waals surface area (Å²) in [7, 11) is 0. The van der Waals surface area contributed by atoms with Gasteiger partial charge in [0.05, 0.1) is 6.21 Å². The quantitative estimate of drug-likeness (QED) is 0.420. The van der Waals surface area contributed by atoms with E-state index in [0.717, 1.165) is 12.1 Å². The largest absolute Gasteiger partial charge is 0.323 e. The fourth-order valence-corrected chi connectivity index (χ4v) is 2.09. The molecule has 0 aliphatic rings. The van der Waals surface area contributed by atoms with Gasteiger partial charge in [-0.2, -0.15) is 5.10 Å². The smallest absolute Gasteiger partial charge is 0.0538 e. The molecule has 0 atom stereocenters. The molecule has 1 aromatic rings. The van der Waals surface area contributed by atoms with Gasteiger partial charge < -0.3 is 5.84 Å². The van der Waals surface area contributed by atoms with Gasteiger partial charge in [0.1, 0.15) is 0 Å². The number of benzene rings is 1. The summed E-state index contributed by atoms with van der Waals surface area (Å²) in [5, 5.41) is 3.54. The third-order valence-electron chi connectivity index (χ3n) is 3.27. The fourth-order valence-electron chi connectivity index (χ4n) is 2.09. The number of rotatable bonds is 9. The number of nitrogens with zero attached hydrogens (tertiary/aromatic N) is 2. The predicted molar refractivity (Wildman–Crippen MR) is 83.3 cm³/mol. The molecule has 1 rings (SSSR count). The third-order valence-corrected chi connectivity index (χ3v) is 3.27. The van der Waals surface area contributed by atoms with E-state index in [9.17, 15) is 0 Å². The molecular weight excluding hydrogens is 234 g/mol. The van der Waals surface area contributed by atoms with Crippen LogP contribution in [0.3, 0.4) is 0 Å². The van der Waals surface area contributed by atoms with Gasteiger partial charge in [0.25, 0.3) is 0 Å². The summed E-state index contributed by atoms with van der Waals surface area (Å²) in [6.45, 7) is 7.93. The highest BCUT2D eigenvalue weighted by Crippen LogP contribution is 2.09. The van der Waals surface area contributed by atoms with Crippen molar-refractivity contribution in [3.05, 3.63) is 35.4 Å². The maximum atomic E-state index is 5.15. The molecule has 3 nitrogen and oxygen atoms in total. The summed E-state index contributed by atoms with van der Waals surface area (Å²) in [5.74, 6) is 5.15. The Morgan fingerprint density at radius 3 is 2.11 bits per heavy atom. The Morgan fingerprint density at radius 1 is 1.05 bits per heavy atom. The molecule has 3 heteroatoms. The Hall–Kier alpha value is -1.35. The average Bonchev–Trinajstić information content (AvgIpc) is 2.44. The Kier molecular flexibility index (Phi) is 7.91. The zero-order valence-electron chi connectivity index (χ0n) is 12.3. The molecule has 0 heterocycles. The van der Waals surface area contributed by atoms with Crippen molar-refractivity contribution in [3.63, 3.8) is 0 Å². The summed E-state index contributed by atoms with van der Waals surface area (Å²) in [4.78, 5) is 2.55. The lowest BCUT2D eigenvalue weighted by atomic mass is 10.1. The molecule has 2 N–H and O–H groups in total. The Bertz CT molecular complexity index is 349. The first-order valence-corrected chi connectivity index (χ1v) is 7.34. The molecule has 106 valence electrons. The fraction of sp³-hybridized carbons (Fsp3) is 0.562. The van der Waals surface area contributed by atoms with E-state index < -0.39 is 0 Å². The van der Waals surface area contributed by atoms with E-state index in [-0.39, 0.29) is 0 Å². The second-order valence-electron chi connectivity index (χ2n) is 5.00. The van der Waals surface area contributed by atoms with Gasteiger partial charge in [-0.1, -0.05) is 51.0 Å². The number of unbranched alkanes of at least 4 members (excludes halogenated alkanes) is 2. The van der Waals surface area contributed by atoms with Gasteiger partial charge in [-0.3, -0.25) is 4.90 Å². The Labute approximate surface area is 117 Å².